The van der Waals surface area contributed by atoms with Crippen LogP contribution in [0.2, 0.25) is 0 Å². The highest BCUT2D eigenvalue weighted by Gasteiger charge is 2.04. The van der Waals surface area contributed by atoms with Crippen molar-refractivity contribution in [3.05, 3.63) is 0 Å². The van der Waals surface area contributed by atoms with Crippen LogP contribution in [0, 0.1) is 11.8 Å². The van der Waals surface area contributed by atoms with Crippen LogP contribution in [0.3, 0.4) is 0 Å². The number of carbonyl (C=O) groups excluding carboxylic acids is 2. The van der Waals surface area contributed by atoms with E-state index in [9.17, 15) is 9.59 Å². The zero-order valence-electron chi connectivity index (χ0n) is 11.1. The number of aliphatic imine (C=N–C) groups is 1. The molecule has 0 radical (unpaired) electrons. The minimum atomic E-state index is -0.0333. The number of Topliss-reactive ketones (excluding diaryl/α,β-unsaturated/α-hetero) is 2. The van der Waals surface area contributed by atoms with E-state index in [1.54, 1.807) is 0 Å². The Morgan fingerprint density at radius 1 is 1.00 bits per heavy atom. The zero-order valence-corrected chi connectivity index (χ0v) is 11.1. The lowest BCUT2D eigenvalue weighted by molar-refractivity contribution is -0.121. The van der Waals surface area contributed by atoms with Crippen molar-refractivity contribution in [1.29, 1.82) is 0 Å². The van der Waals surface area contributed by atoms with Crippen LogP contribution >= 0.6 is 0 Å². The molecule has 0 aromatic heterocycles. The Morgan fingerprint density at radius 3 is 1.59 bits per heavy atom. The number of ketones is 2. The fourth-order valence-corrected chi connectivity index (χ4v) is 0.587. The third kappa shape index (κ3) is 12.5. The van der Waals surface area contributed by atoms with Crippen LogP contribution in [0.4, 0.5) is 0 Å². The number of nitrogens with two attached hydrogens (primary N) is 3. The van der Waals surface area contributed by atoms with Crippen molar-refractivity contribution in [2.75, 3.05) is 13.1 Å². The van der Waals surface area contributed by atoms with Crippen LogP contribution in [-0.2, 0) is 9.59 Å². The largest absolute Gasteiger partial charge is 0.370 e. The lowest BCUT2D eigenvalue weighted by Crippen LogP contribution is -2.24. The van der Waals surface area contributed by atoms with Gasteiger partial charge in [0.05, 0.1) is 6.54 Å². The average Bonchev–Trinajstić information content (AvgIpc) is 2.24. The standard InChI is InChI=1S/C6H13N3O.C5H11NO/c1-4(2)5(10)3-9-6(7)8;1-4(2)5(7)3-6/h4H,3H2,1-2H3,(H4,7,8,9);4H,3,6H2,1-2H3. The molecule has 0 aromatic carbocycles. The van der Waals surface area contributed by atoms with Gasteiger partial charge < -0.3 is 17.2 Å². The molecule has 100 valence electrons. The van der Waals surface area contributed by atoms with E-state index in [2.05, 4.69) is 4.99 Å². The van der Waals surface area contributed by atoms with E-state index in [0.717, 1.165) is 0 Å². The topological polar surface area (TPSA) is 125 Å². The molecule has 0 saturated carbocycles. The van der Waals surface area contributed by atoms with Crippen LogP contribution in [0.5, 0.6) is 0 Å². The summed E-state index contributed by atoms with van der Waals surface area (Å²) in [6.45, 7) is 7.58. The maximum Gasteiger partial charge on any atom is 0.186 e. The van der Waals surface area contributed by atoms with Crippen molar-refractivity contribution in [3.63, 3.8) is 0 Å². The molecule has 0 aromatic rings. The molecule has 6 heteroatoms. The summed E-state index contributed by atoms with van der Waals surface area (Å²) in [6, 6.07) is 0. The number of guanidine groups is 1. The van der Waals surface area contributed by atoms with Crippen molar-refractivity contribution in [1.82, 2.24) is 0 Å². The molecule has 6 N–H and O–H groups in total. The Morgan fingerprint density at radius 2 is 1.41 bits per heavy atom. The van der Waals surface area contributed by atoms with Crippen molar-refractivity contribution < 1.29 is 9.59 Å². The second kappa shape index (κ2) is 9.77. The van der Waals surface area contributed by atoms with Gasteiger partial charge in [0.2, 0.25) is 0 Å². The molecule has 0 aliphatic heterocycles. The van der Waals surface area contributed by atoms with E-state index in [0.29, 0.717) is 0 Å². The molecule has 0 saturated heterocycles. The Bertz CT molecular complexity index is 269. The first-order valence-electron chi connectivity index (χ1n) is 5.53. The van der Waals surface area contributed by atoms with Crippen LogP contribution in [-0.4, -0.2) is 30.6 Å². The van der Waals surface area contributed by atoms with Gasteiger partial charge in [0.25, 0.3) is 0 Å². The van der Waals surface area contributed by atoms with E-state index in [4.69, 9.17) is 17.2 Å². The molecule has 17 heavy (non-hydrogen) atoms. The molecular formula is C11H24N4O2. The highest BCUT2D eigenvalue weighted by molar-refractivity contribution is 5.85. The zero-order chi connectivity index (χ0) is 14.0. The van der Waals surface area contributed by atoms with Gasteiger partial charge in [-0.15, -0.1) is 0 Å². The Balaban J connectivity index is 0. The predicted octanol–water partition coefficient (Wildman–Crippen LogP) is -0.345. The van der Waals surface area contributed by atoms with Gasteiger partial charge in [-0.05, 0) is 0 Å². The number of rotatable bonds is 5. The van der Waals surface area contributed by atoms with Crippen molar-refractivity contribution in [2.45, 2.75) is 27.7 Å². The van der Waals surface area contributed by atoms with Gasteiger partial charge >= 0.3 is 0 Å². The molecule has 0 fully saturated rings. The minimum absolute atomic E-state index is 0.00287. The molecule has 0 aliphatic rings. The second-order valence-corrected chi connectivity index (χ2v) is 4.19. The molecule has 0 heterocycles. The summed E-state index contributed by atoms with van der Waals surface area (Å²) in [6.07, 6.45) is 0. The lowest BCUT2D eigenvalue weighted by Gasteiger charge is -1.98. The Hall–Kier alpha value is -1.43. The second-order valence-electron chi connectivity index (χ2n) is 4.19. The van der Waals surface area contributed by atoms with Gasteiger partial charge in [0.15, 0.2) is 11.7 Å². The number of carbonyl (C=O) groups is 2. The normalized spacial score (nSPS) is 9.59. The molecule has 0 bridgehead atoms. The number of hydrogen-bond acceptors (Lipinski definition) is 4. The van der Waals surface area contributed by atoms with Gasteiger partial charge in [-0.25, -0.2) is 4.99 Å². The summed E-state index contributed by atoms with van der Waals surface area (Å²) in [5, 5.41) is 0. The summed E-state index contributed by atoms with van der Waals surface area (Å²) in [5.74, 6) is 0.246. The summed E-state index contributed by atoms with van der Waals surface area (Å²) in [5.41, 5.74) is 15.1. The quantitative estimate of drug-likeness (QED) is 0.450. The van der Waals surface area contributed by atoms with Crippen LogP contribution in [0.25, 0.3) is 0 Å². The van der Waals surface area contributed by atoms with Crippen molar-refractivity contribution in [2.24, 2.45) is 34.0 Å². The van der Waals surface area contributed by atoms with Crippen molar-refractivity contribution >= 4 is 17.5 Å². The van der Waals surface area contributed by atoms with E-state index >= 15 is 0 Å². The fourth-order valence-electron chi connectivity index (χ4n) is 0.587. The molecule has 6 nitrogen and oxygen atoms in total. The lowest BCUT2D eigenvalue weighted by atomic mass is 10.1. The van der Waals surface area contributed by atoms with Gasteiger partial charge in [0, 0.05) is 11.8 Å². The van der Waals surface area contributed by atoms with E-state index < -0.39 is 0 Å². The highest BCUT2D eigenvalue weighted by atomic mass is 16.1. The summed E-state index contributed by atoms with van der Waals surface area (Å²) in [7, 11) is 0. The molecule has 0 spiro atoms. The third-order valence-electron chi connectivity index (χ3n) is 1.91. The summed E-state index contributed by atoms with van der Waals surface area (Å²) in [4.78, 5) is 24.8. The highest BCUT2D eigenvalue weighted by Crippen LogP contribution is 1.93. The smallest absolute Gasteiger partial charge is 0.186 e. The van der Waals surface area contributed by atoms with Crippen LogP contribution in [0.1, 0.15) is 27.7 Å². The van der Waals surface area contributed by atoms with Gasteiger partial charge in [-0.3, -0.25) is 9.59 Å². The molecular weight excluding hydrogens is 220 g/mol. The molecule has 0 rings (SSSR count). The monoisotopic (exact) mass is 244 g/mol. The van der Waals surface area contributed by atoms with Crippen LogP contribution < -0.4 is 17.2 Å². The predicted molar refractivity (Wildman–Crippen MR) is 69.4 cm³/mol. The third-order valence-corrected chi connectivity index (χ3v) is 1.91. The summed E-state index contributed by atoms with van der Waals surface area (Å²) < 4.78 is 0. The fraction of sp³-hybridized carbons (Fsp3) is 0.727. The minimum Gasteiger partial charge on any atom is -0.370 e. The maximum atomic E-state index is 10.8. The van der Waals surface area contributed by atoms with Gasteiger partial charge in [-0.2, -0.15) is 0 Å². The van der Waals surface area contributed by atoms with E-state index in [1.165, 1.54) is 0 Å². The first kappa shape index (κ1) is 17.9. The van der Waals surface area contributed by atoms with Crippen molar-refractivity contribution in [3.8, 4) is 0 Å². The SMILES string of the molecule is CC(C)C(=O)CN.CC(C)C(=O)CN=C(N)N. The van der Waals surface area contributed by atoms with Gasteiger partial charge in [0.1, 0.15) is 12.3 Å². The molecule has 0 amide bonds. The van der Waals surface area contributed by atoms with Gasteiger partial charge in [-0.1, -0.05) is 27.7 Å². The molecule has 0 aliphatic carbocycles. The number of nitrogens with zero attached hydrogens (tertiary/aromatic N) is 1. The first-order valence-corrected chi connectivity index (χ1v) is 5.53. The average molecular weight is 244 g/mol. The van der Waals surface area contributed by atoms with Crippen LogP contribution in [0.15, 0.2) is 4.99 Å². The Kier molecular flexibility index (Phi) is 10.3. The molecule has 0 unspecified atom stereocenters. The first-order chi connectivity index (χ1) is 7.72. The van der Waals surface area contributed by atoms with E-state index in [1.807, 2.05) is 27.7 Å². The number of hydrogen-bond donors (Lipinski definition) is 3. The van der Waals surface area contributed by atoms with E-state index in [-0.39, 0.29) is 42.5 Å². The Labute approximate surface area is 103 Å². The maximum absolute atomic E-state index is 10.8. The molecule has 0 atom stereocenters. The summed E-state index contributed by atoms with van der Waals surface area (Å²) >= 11 is 0.